The number of halogens is 1. The Bertz CT molecular complexity index is 1330. The summed E-state index contributed by atoms with van der Waals surface area (Å²) in [6, 6.07) is 10.7. The van der Waals surface area contributed by atoms with Crippen LogP contribution in [0.1, 0.15) is 32.2 Å². The van der Waals surface area contributed by atoms with Gasteiger partial charge in [-0.3, -0.25) is 14.7 Å². The molecule has 1 unspecified atom stereocenters. The van der Waals surface area contributed by atoms with Crippen LogP contribution in [0.3, 0.4) is 0 Å². The molecular weight excluding hydrogens is 550 g/mol. The van der Waals surface area contributed by atoms with E-state index in [9.17, 15) is 24.8 Å². The number of nitriles is 1. The number of para-hydroxylation sites is 1. The highest BCUT2D eigenvalue weighted by Gasteiger charge is 2.66. The lowest BCUT2D eigenvalue weighted by atomic mass is 9.92. The molecule has 2 aromatic rings. The number of aromatic nitrogens is 1. The Kier molecular flexibility index (Phi) is 9.47. The summed E-state index contributed by atoms with van der Waals surface area (Å²) in [5.74, 6) is -4.19. The van der Waals surface area contributed by atoms with Gasteiger partial charge < -0.3 is 34.9 Å². The van der Waals surface area contributed by atoms with Gasteiger partial charge in [-0.1, -0.05) is 18.2 Å². The fourth-order valence-electron chi connectivity index (χ4n) is 3.73. The Morgan fingerprint density at radius 2 is 2.00 bits per heavy atom. The SMILES string of the molecule is CC(C)OC(=O)[C@H](C)NP(=O)(OC[C@@]1(F)O[C@@](C#N)(c2ccc(C(N)=NC=N)[nH]2)[C@H](O)[C@@H]1O)Oc1ccccc1. The summed E-state index contributed by atoms with van der Waals surface area (Å²) >= 11 is 0. The zero-order valence-electron chi connectivity index (χ0n) is 21.8. The van der Waals surface area contributed by atoms with Gasteiger partial charge in [-0.05, 0) is 45.0 Å². The van der Waals surface area contributed by atoms with E-state index in [4.69, 9.17) is 29.7 Å². The van der Waals surface area contributed by atoms with E-state index in [1.165, 1.54) is 31.2 Å². The van der Waals surface area contributed by atoms with Crippen molar-refractivity contribution in [3.05, 3.63) is 53.9 Å². The van der Waals surface area contributed by atoms with E-state index in [1.807, 2.05) is 0 Å². The van der Waals surface area contributed by atoms with Crippen molar-refractivity contribution in [1.29, 1.82) is 10.7 Å². The Morgan fingerprint density at radius 1 is 1.32 bits per heavy atom. The van der Waals surface area contributed by atoms with E-state index < -0.39 is 56.1 Å². The number of hydrogen-bond donors (Lipinski definition) is 6. The van der Waals surface area contributed by atoms with Crippen LogP contribution in [0.25, 0.3) is 0 Å². The van der Waals surface area contributed by atoms with Gasteiger partial charge in [0.05, 0.1) is 17.5 Å². The van der Waals surface area contributed by atoms with Gasteiger partial charge in [0.15, 0.2) is 0 Å². The van der Waals surface area contributed by atoms with Crippen LogP contribution in [0.4, 0.5) is 4.39 Å². The van der Waals surface area contributed by atoms with E-state index >= 15 is 4.39 Å². The van der Waals surface area contributed by atoms with Crippen LogP contribution in [-0.2, 0) is 29.0 Å². The number of rotatable bonds is 12. The summed E-state index contributed by atoms with van der Waals surface area (Å²) < 4.78 is 50.8. The smallest absolute Gasteiger partial charge is 0.459 e. The number of nitrogens with two attached hydrogens (primary N) is 1. The first kappa shape index (κ1) is 30.9. The number of ether oxygens (including phenoxy) is 2. The Hall–Kier alpha value is -3.64. The summed E-state index contributed by atoms with van der Waals surface area (Å²) in [6.45, 7) is 3.24. The average molecular weight is 581 g/mol. The monoisotopic (exact) mass is 580 g/mol. The van der Waals surface area contributed by atoms with Crippen LogP contribution in [-0.4, -0.2) is 70.2 Å². The second-order valence-electron chi connectivity index (χ2n) is 9.07. The molecule has 1 fully saturated rings. The minimum absolute atomic E-state index is 0.0399. The largest absolute Gasteiger partial charge is 0.462 e. The summed E-state index contributed by atoms with van der Waals surface area (Å²) in [6.07, 6.45) is -4.32. The predicted octanol–water partition coefficient (Wildman–Crippen LogP) is 1.60. The maximum Gasteiger partial charge on any atom is 0.459 e. The molecule has 0 saturated carbocycles. The number of carbonyl (C=O) groups excluding carboxylic acids is 1. The number of hydrogen-bond acceptors (Lipinski definition) is 10. The van der Waals surface area contributed by atoms with Crippen LogP contribution >= 0.6 is 7.75 Å². The lowest BCUT2D eigenvalue weighted by molar-refractivity contribution is -0.208. The first-order chi connectivity index (χ1) is 18.8. The van der Waals surface area contributed by atoms with E-state index in [0.717, 1.165) is 0 Å². The first-order valence-corrected chi connectivity index (χ1v) is 13.5. The van der Waals surface area contributed by atoms with Crippen molar-refractivity contribution < 1.29 is 42.5 Å². The normalized spacial score (nSPS) is 27.0. The molecular formula is C24H30FN6O8P. The van der Waals surface area contributed by atoms with Crippen molar-refractivity contribution in [3.63, 3.8) is 0 Å². The average Bonchev–Trinajstić information content (AvgIpc) is 3.47. The number of nitrogens with zero attached hydrogens (tertiary/aromatic N) is 2. The molecule has 1 aliphatic heterocycles. The molecule has 6 atom stereocenters. The van der Waals surface area contributed by atoms with E-state index in [2.05, 4.69) is 15.1 Å². The van der Waals surface area contributed by atoms with Crippen molar-refractivity contribution in [2.45, 2.75) is 56.6 Å². The van der Waals surface area contributed by atoms with Crippen molar-refractivity contribution in [2.75, 3.05) is 6.61 Å². The molecule has 40 heavy (non-hydrogen) atoms. The molecule has 16 heteroatoms. The Morgan fingerprint density at radius 3 is 2.60 bits per heavy atom. The number of H-pyrrole nitrogens is 1. The number of carbonyl (C=O) groups is 1. The topological polar surface area (TPSA) is 225 Å². The summed E-state index contributed by atoms with van der Waals surface area (Å²) in [5, 5.41) is 40.6. The van der Waals surface area contributed by atoms with Crippen LogP contribution < -0.4 is 15.3 Å². The molecule has 3 rings (SSSR count). The number of aliphatic hydroxyl groups excluding tert-OH is 2. The summed E-state index contributed by atoms with van der Waals surface area (Å²) in [7, 11) is -4.58. The molecule has 1 aromatic heterocycles. The number of benzene rings is 1. The van der Waals surface area contributed by atoms with Gasteiger partial charge in [0.25, 0.3) is 5.85 Å². The van der Waals surface area contributed by atoms with Crippen molar-refractivity contribution in [2.24, 2.45) is 10.7 Å². The predicted molar refractivity (Wildman–Crippen MR) is 139 cm³/mol. The molecule has 2 heterocycles. The lowest BCUT2D eigenvalue weighted by Crippen LogP contribution is -2.44. The zero-order chi connectivity index (χ0) is 29.7. The van der Waals surface area contributed by atoms with Gasteiger partial charge >= 0.3 is 13.7 Å². The number of alkyl halides is 1. The Balaban J connectivity index is 1.88. The van der Waals surface area contributed by atoms with E-state index in [0.29, 0.717) is 6.34 Å². The van der Waals surface area contributed by atoms with Crippen molar-refractivity contribution in [1.82, 2.24) is 10.1 Å². The highest BCUT2D eigenvalue weighted by atomic mass is 31.2. The second kappa shape index (κ2) is 12.3. The van der Waals surface area contributed by atoms with Crippen LogP contribution in [0.5, 0.6) is 5.75 Å². The minimum Gasteiger partial charge on any atom is -0.462 e. The third kappa shape index (κ3) is 6.56. The standard InChI is InChI=1S/C24H30FN6O8P/c1-14(2)37-22(34)15(3)31-40(35,38-16-7-5-4-6-8-16)36-12-24(25)20(33)19(32)23(11-26,39-24)18-10-9-17(30-18)21(28)29-13-27/h4-10,13-15,19-20,30,32-33H,12H2,1-3H3,(H,31,35)(H3,27,28,29)/t15-,19+,20-,23-,24+,40?/m0/s1. The van der Waals surface area contributed by atoms with Crippen LogP contribution in [0.15, 0.2) is 47.5 Å². The fraction of sp³-hybridized carbons (Fsp3) is 0.417. The fourth-order valence-corrected chi connectivity index (χ4v) is 5.24. The molecule has 216 valence electrons. The second-order valence-corrected chi connectivity index (χ2v) is 10.8. The number of esters is 1. The molecule has 14 nitrogen and oxygen atoms in total. The Labute approximate surface area is 229 Å². The van der Waals surface area contributed by atoms with Gasteiger partial charge in [0.2, 0.25) is 5.60 Å². The molecule has 0 spiro atoms. The number of amidine groups is 1. The van der Waals surface area contributed by atoms with Gasteiger partial charge in [-0.15, -0.1) is 0 Å². The van der Waals surface area contributed by atoms with E-state index in [1.54, 1.807) is 38.1 Å². The quantitative estimate of drug-likeness (QED) is 0.0914. The van der Waals surface area contributed by atoms with E-state index in [-0.39, 0.29) is 23.0 Å². The number of nitrogens with one attached hydrogen (secondary N) is 3. The molecule has 7 N–H and O–H groups in total. The van der Waals surface area contributed by atoms with Crippen molar-refractivity contribution >= 4 is 25.9 Å². The maximum atomic E-state index is 16.1. The summed E-state index contributed by atoms with van der Waals surface area (Å²) in [5.41, 5.74) is 3.17. The van der Waals surface area contributed by atoms with Gasteiger partial charge in [0, 0.05) is 0 Å². The molecule has 1 saturated heterocycles. The lowest BCUT2D eigenvalue weighted by Gasteiger charge is -2.28. The molecule has 0 amide bonds. The van der Waals surface area contributed by atoms with Crippen LogP contribution in [0, 0.1) is 16.7 Å². The zero-order valence-corrected chi connectivity index (χ0v) is 22.7. The molecule has 1 aromatic carbocycles. The highest BCUT2D eigenvalue weighted by Crippen LogP contribution is 2.50. The third-order valence-electron chi connectivity index (χ3n) is 5.68. The minimum atomic E-state index is -4.58. The highest BCUT2D eigenvalue weighted by molar-refractivity contribution is 7.52. The molecule has 0 radical (unpaired) electrons. The molecule has 1 aliphatic rings. The molecule has 0 bridgehead atoms. The number of aliphatic imine (C=N–C) groups is 1. The van der Waals surface area contributed by atoms with Crippen molar-refractivity contribution in [3.8, 4) is 11.8 Å². The van der Waals surface area contributed by atoms with Gasteiger partial charge in [-0.2, -0.15) is 10.3 Å². The van der Waals surface area contributed by atoms with Gasteiger partial charge in [0.1, 0.15) is 48.8 Å². The third-order valence-corrected chi connectivity index (χ3v) is 7.30. The number of aliphatic hydroxyl groups is 2. The van der Waals surface area contributed by atoms with Gasteiger partial charge in [-0.25, -0.2) is 13.9 Å². The maximum absolute atomic E-state index is 16.1. The summed E-state index contributed by atoms with van der Waals surface area (Å²) in [4.78, 5) is 18.5. The first-order valence-electron chi connectivity index (χ1n) is 11.9. The van der Waals surface area contributed by atoms with Crippen LogP contribution in [0.2, 0.25) is 0 Å². The number of aromatic amines is 1. The molecule has 0 aliphatic carbocycles.